The van der Waals surface area contributed by atoms with E-state index in [1.54, 1.807) is 54.6 Å². The Morgan fingerprint density at radius 3 is 2.50 bits per heavy atom. The molecule has 2 aromatic rings. The van der Waals surface area contributed by atoms with Gasteiger partial charge in [0.15, 0.2) is 6.10 Å². The van der Waals surface area contributed by atoms with Gasteiger partial charge in [-0.3, -0.25) is 9.10 Å². The Morgan fingerprint density at radius 2 is 1.73 bits per heavy atom. The van der Waals surface area contributed by atoms with Gasteiger partial charge in [0.1, 0.15) is 5.75 Å². The number of carbonyl (C=O) groups is 1. The van der Waals surface area contributed by atoms with E-state index in [1.807, 2.05) is 0 Å². The average Bonchev–Trinajstić information content (AvgIpc) is 3.30. The third-order valence-electron chi connectivity index (χ3n) is 5.51. The number of amides is 1. The van der Waals surface area contributed by atoms with E-state index in [9.17, 15) is 13.2 Å². The molecule has 1 saturated heterocycles. The van der Waals surface area contributed by atoms with Crippen LogP contribution in [0.1, 0.15) is 19.3 Å². The minimum absolute atomic E-state index is 0.0633. The maximum absolute atomic E-state index is 13.3. The van der Waals surface area contributed by atoms with Crippen molar-refractivity contribution in [3.63, 3.8) is 0 Å². The normalized spacial score (nSPS) is 19.2. The number of likely N-dealkylation sites (tertiary alicyclic amines) is 1. The number of ether oxygens (including phenoxy) is 1. The summed E-state index contributed by atoms with van der Waals surface area (Å²) in [5.74, 6) is 0.0969. The molecule has 1 amide bonds. The summed E-state index contributed by atoms with van der Waals surface area (Å²) in [5.41, 5.74) is 0.444. The largest absolute Gasteiger partial charge is 0.476 e. The molecule has 2 heterocycles. The zero-order chi connectivity index (χ0) is 21.0. The van der Waals surface area contributed by atoms with Crippen LogP contribution in [-0.4, -0.2) is 58.1 Å². The second kappa shape index (κ2) is 9.06. The fourth-order valence-electron chi connectivity index (χ4n) is 3.92. The molecule has 0 bridgehead atoms. The van der Waals surface area contributed by atoms with E-state index >= 15 is 0 Å². The highest BCUT2D eigenvalue weighted by Crippen LogP contribution is 2.36. The number of hydrogen-bond acceptors (Lipinski definition) is 5. The van der Waals surface area contributed by atoms with Gasteiger partial charge >= 0.3 is 0 Å². The number of nitrogens with one attached hydrogen (secondary N) is 1. The highest BCUT2D eigenvalue weighted by molar-refractivity contribution is 7.92. The maximum Gasteiger partial charge on any atom is 0.264 e. The molecule has 0 spiro atoms. The number of hydrogen-bond donors (Lipinski definition) is 1. The molecule has 7 nitrogen and oxygen atoms in total. The van der Waals surface area contributed by atoms with Crippen molar-refractivity contribution in [2.75, 3.05) is 37.0 Å². The Morgan fingerprint density at radius 1 is 1.03 bits per heavy atom. The number of para-hydroxylation sites is 2. The first-order valence-corrected chi connectivity index (χ1v) is 11.8. The number of rotatable bonds is 7. The zero-order valence-electron chi connectivity index (χ0n) is 16.9. The van der Waals surface area contributed by atoms with Gasteiger partial charge < -0.3 is 15.0 Å². The Hall–Kier alpha value is -2.58. The third kappa shape index (κ3) is 4.44. The first-order chi connectivity index (χ1) is 14.6. The zero-order valence-corrected chi connectivity index (χ0v) is 17.7. The Bertz CT molecular complexity index is 975. The molecule has 4 rings (SSSR count). The van der Waals surface area contributed by atoms with Crippen molar-refractivity contribution < 1.29 is 17.9 Å². The van der Waals surface area contributed by atoms with Gasteiger partial charge in [-0.1, -0.05) is 30.3 Å². The lowest BCUT2D eigenvalue weighted by Crippen LogP contribution is -2.51. The summed E-state index contributed by atoms with van der Waals surface area (Å²) < 4.78 is 33.6. The van der Waals surface area contributed by atoms with Crippen LogP contribution in [0.2, 0.25) is 0 Å². The van der Waals surface area contributed by atoms with E-state index < -0.39 is 16.1 Å². The van der Waals surface area contributed by atoms with Crippen LogP contribution in [0.5, 0.6) is 5.75 Å². The first kappa shape index (κ1) is 20.7. The topological polar surface area (TPSA) is 79.0 Å². The fourth-order valence-corrected chi connectivity index (χ4v) is 5.42. The molecule has 2 aliphatic heterocycles. The van der Waals surface area contributed by atoms with Crippen molar-refractivity contribution in [1.82, 2.24) is 10.2 Å². The number of fused-ring (bicyclic) bond motifs is 1. The second-order valence-corrected chi connectivity index (χ2v) is 9.48. The summed E-state index contributed by atoms with van der Waals surface area (Å²) in [4.78, 5) is 15.3. The van der Waals surface area contributed by atoms with Gasteiger partial charge in [-0.2, -0.15) is 0 Å². The van der Waals surface area contributed by atoms with Crippen LogP contribution < -0.4 is 14.4 Å². The molecule has 1 atom stereocenters. The average molecular weight is 430 g/mol. The molecule has 160 valence electrons. The van der Waals surface area contributed by atoms with E-state index in [-0.39, 0.29) is 17.3 Å². The first-order valence-electron chi connectivity index (χ1n) is 10.4. The highest BCUT2D eigenvalue weighted by Gasteiger charge is 2.37. The van der Waals surface area contributed by atoms with Crippen molar-refractivity contribution in [2.24, 2.45) is 0 Å². The fraction of sp³-hybridized carbons (Fsp3) is 0.409. The van der Waals surface area contributed by atoms with E-state index in [1.165, 1.54) is 17.1 Å². The van der Waals surface area contributed by atoms with Crippen molar-refractivity contribution in [1.29, 1.82) is 0 Å². The molecule has 1 N–H and O–H groups in total. The molecule has 0 radical (unpaired) electrons. The number of anilines is 1. The molecule has 1 unspecified atom stereocenters. The summed E-state index contributed by atoms with van der Waals surface area (Å²) >= 11 is 0. The van der Waals surface area contributed by atoms with E-state index in [2.05, 4.69) is 10.2 Å². The summed E-state index contributed by atoms with van der Waals surface area (Å²) in [6.07, 6.45) is 2.45. The van der Waals surface area contributed by atoms with Crippen molar-refractivity contribution >= 4 is 21.6 Å². The van der Waals surface area contributed by atoms with Crippen LogP contribution in [0.4, 0.5) is 5.69 Å². The lowest BCUT2D eigenvalue weighted by molar-refractivity contribution is -0.127. The Balaban J connectivity index is 1.46. The van der Waals surface area contributed by atoms with Crippen molar-refractivity contribution in [3.8, 4) is 5.75 Å². The molecule has 0 saturated carbocycles. The molecule has 0 aliphatic carbocycles. The summed E-state index contributed by atoms with van der Waals surface area (Å²) in [6.45, 7) is 3.70. The van der Waals surface area contributed by atoms with Gasteiger partial charge in [0.2, 0.25) is 0 Å². The van der Waals surface area contributed by atoms with Crippen LogP contribution in [0, 0.1) is 0 Å². The van der Waals surface area contributed by atoms with E-state index in [0.29, 0.717) is 18.0 Å². The summed E-state index contributed by atoms with van der Waals surface area (Å²) in [6, 6.07) is 15.2. The van der Waals surface area contributed by atoms with Crippen LogP contribution >= 0.6 is 0 Å². The minimum atomic E-state index is -3.81. The third-order valence-corrected chi connectivity index (χ3v) is 7.30. The van der Waals surface area contributed by atoms with E-state index in [0.717, 1.165) is 26.1 Å². The van der Waals surface area contributed by atoms with Gasteiger partial charge in [0.05, 0.1) is 17.1 Å². The predicted molar refractivity (Wildman–Crippen MR) is 115 cm³/mol. The van der Waals surface area contributed by atoms with Gasteiger partial charge in [0, 0.05) is 6.54 Å². The maximum atomic E-state index is 13.3. The molecule has 8 heteroatoms. The molecule has 2 aromatic carbocycles. The van der Waals surface area contributed by atoms with Gasteiger partial charge in [-0.15, -0.1) is 0 Å². The lowest BCUT2D eigenvalue weighted by atomic mass is 10.2. The van der Waals surface area contributed by atoms with Crippen LogP contribution in [-0.2, 0) is 14.8 Å². The van der Waals surface area contributed by atoms with Gasteiger partial charge in [-0.25, -0.2) is 8.42 Å². The van der Waals surface area contributed by atoms with Crippen molar-refractivity contribution in [2.45, 2.75) is 30.3 Å². The summed E-state index contributed by atoms with van der Waals surface area (Å²) in [7, 11) is -3.81. The van der Waals surface area contributed by atoms with Crippen LogP contribution in [0.25, 0.3) is 0 Å². The molecular formula is C22H27N3O4S. The Labute approximate surface area is 177 Å². The SMILES string of the molecule is O=C(NCCCN1CCCC1)C1CN(S(=O)(=O)c2ccccc2)c2ccccc2O1. The smallest absolute Gasteiger partial charge is 0.264 e. The van der Waals surface area contributed by atoms with Gasteiger partial charge in [0.25, 0.3) is 15.9 Å². The Kier molecular flexibility index (Phi) is 6.24. The summed E-state index contributed by atoms with van der Waals surface area (Å²) in [5, 5.41) is 2.91. The number of carbonyl (C=O) groups excluding carboxylic acids is 1. The predicted octanol–water partition coefficient (Wildman–Crippen LogP) is 2.25. The molecule has 0 aromatic heterocycles. The highest BCUT2D eigenvalue weighted by atomic mass is 32.2. The quantitative estimate of drug-likeness (QED) is 0.683. The van der Waals surface area contributed by atoms with Crippen molar-refractivity contribution in [3.05, 3.63) is 54.6 Å². The number of sulfonamides is 1. The van der Waals surface area contributed by atoms with E-state index in [4.69, 9.17) is 4.74 Å². The minimum Gasteiger partial charge on any atom is -0.476 e. The molecule has 2 aliphatic rings. The monoisotopic (exact) mass is 429 g/mol. The van der Waals surface area contributed by atoms with Crippen LogP contribution in [0.15, 0.2) is 59.5 Å². The van der Waals surface area contributed by atoms with Gasteiger partial charge in [-0.05, 0) is 63.2 Å². The molecular weight excluding hydrogens is 402 g/mol. The molecule has 1 fully saturated rings. The molecule has 30 heavy (non-hydrogen) atoms. The standard InChI is InChI=1S/C22H27N3O4S/c26-22(23-13-8-16-24-14-6-7-15-24)21-17-25(19-11-4-5-12-20(19)29-21)30(27,28)18-9-2-1-3-10-18/h1-5,9-12,21H,6-8,13-17H2,(H,23,26). The lowest BCUT2D eigenvalue weighted by Gasteiger charge is -2.34. The second-order valence-electron chi connectivity index (χ2n) is 7.62. The van der Waals surface area contributed by atoms with Crippen LogP contribution in [0.3, 0.4) is 0 Å². The number of benzene rings is 2. The number of nitrogens with zero attached hydrogens (tertiary/aromatic N) is 2.